The van der Waals surface area contributed by atoms with Crippen molar-refractivity contribution in [2.24, 2.45) is 0 Å². The second-order valence-electron chi connectivity index (χ2n) is 20.8. The number of ether oxygens (including phenoxy) is 1. The minimum absolute atomic E-state index is 0.0639. The fourth-order valence-corrected chi connectivity index (χ4v) is 23.0. The van der Waals surface area contributed by atoms with Crippen molar-refractivity contribution in [3.63, 3.8) is 0 Å². The van der Waals surface area contributed by atoms with Crippen molar-refractivity contribution in [2.75, 3.05) is 37.7 Å². The van der Waals surface area contributed by atoms with Crippen LogP contribution in [0.3, 0.4) is 0 Å². The van der Waals surface area contributed by atoms with E-state index in [2.05, 4.69) is 104 Å². The summed E-state index contributed by atoms with van der Waals surface area (Å²) in [5.41, 5.74) is 6.33. The molecule has 3 aliphatic rings. The number of pyridine rings is 1. The number of rotatable bonds is 14. The number of halogens is 2. The fourth-order valence-electron chi connectivity index (χ4n) is 12.6. The molecule has 8 nitrogen and oxygen atoms in total. The Morgan fingerprint density at radius 2 is 1.49 bits per heavy atom. The van der Waals surface area contributed by atoms with Gasteiger partial charge in [0.1, 0.15) is 43.3 Å². The second kappa shape index (κ2) is 18.7. The Bertz CT molecular complexity index is 2310. The maximum Gasteiger partial charge on any atom is 0.319 e. The molecule has 2 atom stereocenters. The molecule has 342 valence electrons. The largest absolute Gasteiger partial charge is 0.543 e. The molecule has 2 aromatic heterocycles. The van der Waals surface area contributed by atoms with E-state index in [4.69, 9.17) is 24.1 Å². The highest BCUT2D eigenvalue weighted by Crippen LogP contribution is 2.47. The molecule has 0 aliphatic carbocycles. The number of nitrogens with zero attached hydrogens (tertiary/aromatic N) is 5. The Morgan fingerprint density at radius 1 is 0.825 bits per heavy atom. The summed E-state index contributed by atoms with van der Waals surface area (Å²) >= 11 is 0. The monoisotopic (exact) mass is 898 g/mol. The van der Waals surface area contributed by atoms with E-state index < -0.39 is 28.0 Å². The van der Waals surface area contributed by atoms with Crippen LogP contribution in [0.2, 0.25) is 33.2 Å². The third kappa shape index (κ3) is 8.42. The van der Waals surface area contributed by atoms with Gasteiger partial charge in [-0.25, -0.2) is 8.78 Å². The Kier molecular flexibility index (Phi) is 14.0. The molecule has 63 heavy (non-hydrogen) atoms. The molecule has 3 aliphatic heterocycles. The first-order valence-corrected chi connectivity index (χ1v) is 28.4. The highest BCUT2D eigenvalue weighted by Gasteiger charge is 2.50. The van der Waals surface area contributed by atoms with Crippen molar-refractivity contribution in [1.29, 1.82) is 0 Å². The Balaban J connectivity index is 1.47. The van der Waals surface area contributed by atoms with Crippen molar-refractivity contribution in [1.82, 2.24) is 19.9 Å². The van der Waals surface area contributed by atoms with Gasteiger partial charge in [-0.2, -0.15) is 9.97 Å². The maximum atomic E-state index is 18.0. The predicted molar refractivity (Wildman–Crippen MR) is 260 cm³/mol. The van der Waals surface area contributed by atoms with Gasteiger partial charge in [0.15, 0.2) is 5.82 Å². The first-order valence-electron chi connectivity index (χ1n) is 24.0. The lowest BCUT2D eigenvalue weighted by molar-refractivity contribution is 0.0644. The smallest absolute Gasteiger partial charge is 0.319 e. The van der Waals surface area contributed by atoms with E-state index >= 15 is 8.78 Å². The van der Waals surface area contributed by atoms with Gasteiger partial charge in [-0.3, -0.25) is 9.88 Å². The van der Waals surface area contributed by atoms with Crippen LogP contribution in [0.15, 0.2) is 30.5 Å². The first-order chi connectivity index (χ1) is 29.9. The zero-order valence-corrected chi connectivity index (χ0v) is 42.2. The van der Waals surface area contributed by atoms with Gasteiger partial charge in [0.2, 0.25) is 0 Å². The highest BCUT2D eigenvalue weighted by atomic mass is 28.4. The molecule has 0 radical (unpaired) electrons. The molecule has 0 unspecified atom stereocenters. The third-order valence-electron chi connectivity index (χ3n) is 15.6. The molecule has 3 saturated heterocycles. The molecule has 1 N–H and O–H groups in total. The topological polar surface area (TPSA) is 83.8 Å². The standard InChI is InChI=1S/C51H73F2N5O3Si2/c1-32(2)62(33(3)4,34(5)6)26-20-41-44(52)18-17-38-27-40(61-63(35(7)8,36(9)10)37(11)12)28-42(45(38)41)47-46(53)48-43(29-54-47)49(57-23-14-13-15-24-57)56-50(55-48)60-31-51-21-16-25-58(51)39(30-59)19-22-51/h17-18,27-29,32-37,39,59H,13-16,19,21-25,30-31H2,1-12H3/t39-,51-/m0/s1. The number of benzene rings is 2. The van der Waals surface area contributed by atoms with Crippen LogP contribution in [-0.4, -0.2) is 85.8 Å². The second-order valence-corrected chi connectivity index (χ2v) is 31.8. The third-order valence-corrected chi connectivity index (χ3v) is 27.9. The Labute approximate surface area is 378 Å². The molecule has 5 heterocycles. The number of anilines is 1. The molecule has 0 saturated carbocycles. The summed E-state index contributed by atoms with van der Waals surface area (Å²) in [6.07, 6.45) is 8.67. The lowest BCUT2D eigenvalue weighted by Crippen LogP contribution is -2.50. The van der Waals surface area contributed by atoms with Crippen molar-refractivity contribution >= 4 is 43.9 Å². The maximum absolute atomic E-state index is 18.0. The van der Waals surface area contributed by atoms with E-state index in [1.165, 1.54) is 6.07 Å². The summed E-state index contributed by atoms with van der Waals surface area (Å²) in [7, 11) is -4.78. The number of aromatic nitrogens is 3. The van der Waals surface area contributed by atoms with E-state index in [-0.39, 0.29) is 41.0 Å². The van der Waals surface area contributed by atoms with Crippen molar-refractivity contribution < 1.29 is 23.1 Å². The minimum atomic E-state index is -2.48. The molecule has 0 spiro atoms. The van der Waals surface area contributed by atoms with Crippen LogP contribution < -0.4 is 14.1 Å². The van der Waals surface area contributed by atoms with Gasteiger partial charge >= 0.3 is 6.01 Å². The van der Waals surface area contributed by atoms with E-state index in [0.717, 1.165) is 70.0 Å². The van der Waals surface area contributed by atoms with Crippen molar-refractivity contribution in [3.8, 4) is 34.5 Å². The van der Waals surface area contributed by atoms with Gasteiger partial charge in [-0.1, -0.05) is 95.1 Å². The van der Waals surface area contributed by atoms with Gasteiger partial charge in [0, 0.05) is 36.3 Å². The Morgan fingerprint density at radius 3 is 2.11 bits per heavy atom. The summed E-state index contributed by atoms with van der Waals surface area (Å²) in [5.74, 6) is 3.63. The zero-order chi connectivity index (χ0) is 45.6. The average Bonchev–Trinajstić information content (AvgIpc) is 3.81. The number of aliphatic hydroxyl groups is 1. The summed E-state index contributed by atoms with van der Waals surface area (Å²) in [6, 6.07) is 7.38. The number of fused-ring (bicyclic) bond motifs is 3. The number of hydrogen-bond donors (Lipinski definition) is 1. The van der Waals surface area contributed by atoms with Gasteiger partial charge in [-0.05, 0) is 108 Å². The SMILES string of the molecule is CC(C)[Si](C#Cc1c(F)ccc2cc(O[Si](C(C)C)(C(C)C)C(C)C)cc(-c3ncc4c(N5CCCCC5)nc(OC[C@@]56CCCN5[C@H](CO)CC6)nc4c3F)c12)(C(C)C)C(C)C. The summed E-state index contributed by atoms with van der Waals surface area (Å²) in [4.78, 5) is 19.4. The molecular formula is C51H73F2N5O3Si2. The molecule has 2 aromatic carbocycles. The number of piperidine rings is 1. The van der Waals surface area contributed by atoms with Crippen LogP contribution in [0.1, 0.15) is 134 Å². The fraction of sp³-hybridized carbons (Fsp3) is 0.627. The average molecular weight is 898 g/mol. The predicted octanol–water partition coefficient (Wildman–Crippen LogP) is 12.6. The summed E-state index contributed by atoms with van der Waals surface area (Å²) < 4.78 is 48.5. The van der Waals surface area contributed by atoms with Crippen LogP contribution in [-0.2, 0) is 0 Å². The van der Waals surface area contributed by atoms with Crippen LogP contribution in [0, 0.1) is 23.1 Å². The lowest BCUT2D eigenvalue weighted by Gasteiger charge is -2.42. The normalized spacial score (nSPS) is 20.0. The van der Waals surface area contributed by atoms with Crippen LogP contribution >= 0.6 is 0 Å². The summed E-state index contributed by atoms with van der Waals surface area (Å²) in [5, 5.41) is 11.9. The van der Waals surface area contributed by atoms with Gasteiger partial charge in [0.25, 0.3) is 8.32 Å². The van der Waals surface area contributed by atoms with Gasteiger partial charge in [0.05, 0.1) is 23.1 Å². The highest BCUT2D eigenvalue weighted by molar-refractivity contribution is 6.90. The van der Waals surface area contributed by atoms with Gasteiger partial charge < -0.3 is 19.2 Å². The Hall–Kier alpha value is -3.64. The van der Waals surface area contributed by atoms with Crippen molar-refractivity contribution in [3.05, 3.63) is 47.7 Å². The van der Waals surface area contributed by atoms with E-state index in [1.54, 1.807) is 12.3 Å². The van der Waals surface area contributed by atoms with Crippen LogP contribution in [0.25, 0.3) is 32.9 Å². The molecule has 0 bridgehead atoms. The molecule has 12 heteroatoms. The minimum Gasteiger partial charge on any atom is -0.543 e. The van der Waals surface area contributed by atoms with Gasteiger partial charge in [-0.15, -0.1) is 5.54 Å². The molecular weight excluding hydrogens is 825 g/mol. The number of hydrogen-bond acceptors (Lipinski definition) is 8. The van der Waals surface area contributed by atoms with E-state index in [9.17, 15) is 5.11 Å². The van der Waals surface area contributed by atoms with E-state index in [0.29, 0.717) is 67.8 Å². The molecule has 7 rings (SSSR count). The lowest BCUT2D eigenvalue weighted by atomic mass is 9.95. The first kappa shape index (κ1) is 47.3. The van der Waals surface area contributed by atoms with E-state index in [1.807, 2.05) is 12.1 Å². The van der Waals surface area contributed by atoms with Crippen LogP contribution in [0.4, 0.5) is 14.6 Å². The van der Waals surface area contributed by atoms with Crippen molar-refractivity contribution in [2.45, 2.75) is 173 Å². The molecule has 3 fully saturated rings. The summed E-state index contributed by atoms with van der Waals surface area (Å²) in [6.45, 7) is 30.0. The molecule has 0 amide bonds. The molecule has 4 aromatic rings. The quantitative estimate of drug-likeness (QED) is 0.0990. The number of aliphatic hydroxyl groups excluding tert-OH is 1. The zero-order valence-electron chi connectivity index (χ0n) is 40.2. The van der Waals surface area contributed by atoms with Crippen LogP contribution in [0.5, 0.6) is 11.8 Å².